The van der Waals surface area contributed by atoms with E-state index in [-0.39, 0.29) is 11.8 Å². The Kier molecular flexibility index (Phi) is 6.06. The minimum atomic E-state index is -0.599. The molecule has 0 heterocycles. The summed E-state index contributed by atoms with van der Waals surface area (Å²) in [4.78, 5) is 25.7. The summed E-state index contributed by atoms with van der Waals surface area (Å²) in [5.74, 6) is -0.622. The Morgan fingerprint density at radius 1 is 0.960 bits per heavy atom. The first-order valence-electron chi connectivity index (χ1n) is 7.78. The number of rotatable bonds is 2. The van der Waals surface area contributed by atoms with Crippen LogP contribution < -0.4 is 5.43 Å². The van der Waals surface area contributed by atoms with Gasteiger partial charge in [0.25, 0.3) is 11.8 Å². The summed E-state index contributed by atoms with van der Waals surface area (Å²) < 4.78 is 1.40. The van der Waals surface area contributed by atoms with Crippen molar-refractivity contribution in [1.82, 2.24) is 10.4 Å². The summed E-state index contributed by atoms with van der Waals surface area (Å²) in [6.45, 7) is 7.52. The summed E-state index contributed by atoms with van der Waals surface area (Å²) >= 11 is 6.84. The second-order valence-corrected chi connectivity index (χ2v) is 8.32. The second kappa shape index (κ2) is 7.70. The van der Waals surface area contributed by atoms with Crippen LogP contribution in [0, 0.1) is 6.92 Å². The van der Waals surface area contributed by atoms with Gasteiger partial charge in [0, 0.05) is 8.95 Å². The minimum Gasteiger partial charge on any atom is -0.267 e. The highest BCUT2D eigenvalue weighted by Gasteiger charge is 2.31. The fraction of sp³-hybridized carbons (Fsp3) is 0.263. The van der Waals surface area contributed by atoms with Gasteiger partial charge in [-0.2, -0.15) is 0 Å². The number of nitrogens with one attached hydrogen (secondary N) is 1. The largest absolute Gasteiger partial charge is 0.273 e. The zero-order chi connectivity index (χ0) is 18.8. The molecular weight excluding hydrogens is 448 g/mol. The van der Waals surface area contributed by atoms with Crippen molar-refractivity contribution in [3.8, 4) is 0 Å². The van der Waals surface area contributed by atoms with Gasteiger partial charge in [-0.1, -0.05) is 24.3 Å². The maximum Gasteiger partial charge on any atom is 0.273 e. The molecule has 4 nitrogen and oxygen atoms in total. The number of carbonyl (C=O) groups is 2. The molecule has 0 spiro atoms. The summed E-state index contributed by atoms with van der Waals surface area (Å²) in [7, 11) is 0. The Morgan fingerprint density at radius 2 is 1.56 bits per heavy atom. The maximum absolute atomic E-state index is 13.0. The molecule has 2 amide bonds. The number of nitrogens with zero attached hydrogens (tertiary/aromatic N) is 1. The standard InChI is InChI=1S/C19H20Br2N2O2/c1-12-8-7-10-14(16(12)21)17(24)22-23(19(2,3)4)18(25)13-9-5-6-11-15(13)20/h5-11H,1-4H3,(H,22,24). The summed E-state index contributed by atoms with van der Waals surface area (Å²) in [5, 5.41) is 1.37. The minimum absolute atomic E-state index is 0.280. The van der Waals surface area contributed by atoms with Gasteiger partial charge in [-0.3, -0.25) is 15.0 Å². The third-order valence-corrected chi connectivity index (χ3v) is 5.37. The van der Waals surface area contributed by atoms with Gasteiger partial charge in [0.1, 0.15) is 0 Å². The lowest BCUT2D eigenvalue weighted by Gasteiger charge is -2.35. The van der Waals surface area contributed by atoms with Gasteiger partial charge >= 0.3 is 0 Å². The average molecular weight is 468 g/mol. The molecule has 2 aromatic rings. The van der Waals surface area contributed by atoms with Crippen LogP contribution in [0.2, 0.25) is 0 Å². The van der Waals surface area contributed by atoms with E-state index < -0.39 is 5.54 Å². The number of amides is 2. The maximum atomic E-state index is 13.0. The number of benzene rings is 2. The smallest absolute Gasteiger partial charge is 0.267 e. The zero-order valence-corrected chi connectivity index (χ0v) is 17.7. The Hall–Kier alpha value is -1.66. The average Bonchev–Trinajstić information content (AvgIpc) is 2.53. The van der Waals surface area contributed by atoms with Gasteiger partial charge in [0.15, 0.2) is 0 Å². The van der Waals surface area contributed by atoms with Crippen molar-refractivity contribution in [3.63, 3.8) is 0 Å². The summed E-state index contributed by atoms with van der Waals surface area (Å²) in [6.07, 6.45) is 0. The van der Waals surface area contributed by atoms with Crippen LogP contribution in [0.4, 0.5) is 0 Å². The Bertz CT molecular complexity index is 813. The number of halogens is 2. The van der Waals surface area contributed by atoms with Crippen LogP contribution in [0.25, 0.3) is 0 Å². The van der Waals surface area contributed by atoms with Crippen molar-refractivity contribution in [2.24, 2.45) is 0 Å². The molecular formula is C19H20Br2N2O2. The van der Waals surface area contributed by atoms with Gasteiger partial charge < -0.3 is 0 Å². The fourth-order valence-electron chi connectivity index (χ4n) is 2.26. The molecule has 0 radical (unpaired) electrons. The third kappa shape index (κ3) is 4.50. The van der Waals surface area contributed by atoms with E-state index in [4.69, 9.17) is 0 Å². The molecule has 0 saturated carbocycles. The van der Waals surface area contributed by atoms with Crippen molar-refractivity contribution in [2.45, 2.75) is 33.2 Å². The van der Waals surface area contributed by atoms with Crippen LogP contribution in [-0.2, 0) is 0 Å². The molecule has 6 heteroatoms. The lowest BCUT2D eigenvalue weighted by Crippen LogP contribution is -2.56. The quantitative estimate of drug-likeness (QED) is 0.624. The molecule has 2 rings (SSSR count). The number of hydrogen-bond acceptors (Lipinski definition) is 2. The molecule has 0 aliphatic carbocycles. The summed E-state index contributed by atoms with van der Waals surface area (Å²) in [5.41, 5.74) is 4.08. The van der Waals surface area contributed by atoms with E-state index in [0.29, 0.717) is 15.6 Å². The molecule has 1 N–H and O–H groups in total. The molecule has 0 aliphatic heterocycles. The fourth-order valence-corrected chi connectivity index (χ4v) is 3.16. The first-order valence-corrected chi connectivity index (χ1v) is 9.36. The van der Waals surface area contributed by atoms with Gasteiger partial charge in [-0.05, 0) is 83.3 Å². The number of carbonyl (C=O) groups excluding carboxylic acids is 2. The Morgan fingerprint density at radius 3 is 2.16 bits per heavy atom. The van der Waals surface area contributed by atoms with E-state index >= 15 is 0 Å². The van der Waals surface area contributed by atoms with Crippen LogP contribution in [0.15, 0.2) is 51.4 Å². The van der Waals surface area contributed by atoms with Crippen molar-refractivity contribution in [3.05, 3.63) is 68.1 Å². The van der Waals surface area contributed by atoms with E-state index in [0.717, 1.165) is 10.0 Å². The SMILES string of the molecule is Cc1cccc(C(=O)NN(C(=O)c2ccccc2Br)C(C)(C)C)c1Br. The molecule has 0 atom stereocenters. The van der Waals surface area contributed by atoms with Crippen molar-refractivity contribution < 1.29 is 9.59 Å². The monoisotopic (exact) mass is 466 g/mol. The van der Waals surface area contributed by atoms with E-state index in [2.05, 4.69) is 37.3 Å². The normalized spacial score (nSPS) is 11.1. The molecule has 0 unspecified atom stereocenters. The van der Waals surface area contributed by atoms with Crippen LogP contribution in [0.3, 0.4) is 0 Å². The topological polar surface area (TPSA) is 49.4 Å². The molecule has 0 aliphatic rings. The molecule has 0 bridgehead atoms. The van der Waals surface area contributed by atoms with Gasteiger partial charge in [-0.15, -0.1) is 0 Å². The Labute approximate surface area is 164 Å². The predicted molar refractivity (Wildman–Crippen MR) is 106 cm³/mol. The number of hydrogen-bond donors (Lipinski definition) is 1. The van der Waals surface area contributed by atoms with Gasteiger partial charge in [0.05, 0.1) is 16.7 Å². The lowest BCUT2D eigenvalue weighted by atomic mass is 10.1. The first kappa shape index (κ1) is 19.7. The summed E-state index contributed by atoms with van der Waals surface area (Å²) in [6, 6.07) is 12.6. The van der Waals surface area contributed by atoms with Gasteiger partial charge in [-0.25, -0.2) is 5.01 Å². The van der Waals surface area contributed by atoms with E-state index in [1.54, 1.807) is 24.3 Å². The highest BCUT2D eigenvalue weighted by Crippen LogP contribution is 2.24. The van der Waals surface area contributed by atoms with E-state index in [9.17, 15) is 9.59 Å². The highest BCUT2D eigenvalue weighted by molar-refractivity contribution is 9.10. The Balaban J connectivity index is 2.36. The predicted octanol–water partition coefficient (Wildman–Crippen LogP) is 5.11. The van der Waals surface area contributed by atoms with Crippen molar-refractivity contribution >= 4 is 43.7 Å². The van der Waals surface area contributed by atoms with Crippen LogP contribution in [0.1, 0.15) is 47.1 Å². The number of aryl methyl sites for hydroxylation is 1. The van der Waals surface area contributed by atoms with Crippen LogP contribution in [0.5, 0.6) is 0 Å². The molecule has 2 aromatic carbocycles. The highest BCUT2D eigenvalue weighted by atomic mass is 79.9. The molecule has 132 valence electrons. The zero-order valence-electron chi connectivity index (χ0n) is 14.6. The molecule has 25 heavy (non-hydrogen) atoms. The van der Waals surface area contributed by atoms with Gasteiger partial charge in [0.2, 0.25) is 0 Å². The van der Waals surface area contributed by atoms with Crippen LogP contribution >= 0.6 is 31.9 Å². The van der Waals surface area contributed by atoms with E-state index in [1.165, 1.54) is 5.01 Å². The van der Waals surface area contributed by atoms with E-state index in [1.807, 2.05) is 45.9 Å². The second-order valence-electron chi connectivity index (χ2n) is 6.67. The van der Waals surface area contributed by atoms with Crippen LogP contribution in [-0.4, -0.2) is 22.4 Å². The molecule has 0 fully saturated rings. The lowest BCUT2D eigenvalue weighted by molar-refractivity contribution is 0.0357. The third-order valence-electron chi connectivity index (χ3n) is 3.63. The van der Waals surface area contributed by atoms with Crippen molar-refractivity contribution in [2.75, 3.05) is 0 Å². The molecule has 0 aromatic heterocycles. The first-order chi connectivity index (χ1) is 11.6. The number of hydrazine groups is 1. The molecule has 0 saturated heterocycles. The van der Waals surface area contributed by atoms with Crippen molar-refractivity contribution in [1.29, 1.82) is 0 Å².